The number of carbonyl (C=O) groups is 1. The number of fused-ring (bicyclic) bond motifs is 1. The Morgan fingerprint density at radius 1 is 1.11 bits per heavy atom. The van der Waals surface area contributed by atoms with Gasteiger partial charge in [0.1, 0.15) is 12.2 Å². The molecule has 7 nitrogen and oxygen atoms in total. The molecule has 3 aliphatic heterocycles. The zero-order valence-corrected chi connectivity index (χ0v) is 21.9. The molecule has 8 heteroatoms. The topological polar surface area (TPSA) is 75.2 Å². The predicted octanol–water partition coefficient (Wildman–Crippen LogP) is 2.37. The van der Waals surface area contributed by atoms with Gasteiger partial charge in [0.25, 0.3) is 0 Å². The third-order valence-electron chi connectivity index (χ3n) is 8.16. The van der Waals surface area contributed by atoms with E-state index in [2.05, 4.69) is 73.8 Å². The molecule has 0 bridgehead atoms. The second-order valence-electron chi connectivity index (χ2n) is 10.7. The van der Waals surface area contributed by atoms with Crippen LogP contribution in [0, 0.1) is 5.92 Å². The lowest BCUT2D eigenvalue weighted by atomic mass is 9.82. The fourth-order valence-electron chi connectivity index (χ4n) is 6.11. The highest BCUT2D eigenvalue weighted by Gasteiger charge is 2.41. The summed E-state index contributed by atoms with van der Waals surface area (Å²) in [5.74, 6) is 0.472. The number of hydrogen-bond acceptors (Lipinski definition) is 6. The molecule has 0 radical (unpaired) electrons. The highest BCUT2D eigenvalue weighted by molar-refractivity contribution is 7.10. The van der Waals surface area contributed by atoms with Gasteiger partial charge in [-0.25, -0.2) is 4.99 Å². The van der Waals surface area contributed by atoms with Crippen LogP contribution in [-0.2, 0) is 11.3 Å². The fraction of sp³-hybridized carbons (Fsp3) is 0.448. The molecule has 6 rings (SSSR count). The molecule has 2 atom stereocenters. The average molecular weight is 518 g/mol. The van der Waals surface area contributed by atoms with E-state index in [0.29, 0.717) is 39.1 Å². The Balaban J connectivity index is 1.09. The maximum atomic E-state index is 13.8. The van der Waals surface area contributed by atoms with Gasteiger partial charge in [-0.1, -0.05) is 36.4 Å². The van der Waals surface area contributed by atoms with Crippen LogP contribution < -0.4 is 10.7 Å². The minimum atomic E-state index is -0.803. The van der Waals surface area contributed by atoms with E-state index in [1.54, 1.807) is 11.3 Å². The highest BCUT2D eigenvalue weighted by atomic mass is 32.1. The number of rotatable bonds is 6. The fourth-order valence-corrected chi connectivity index (χ4v) is 7.00. The van der Waals surface area contributed by atoms with Crippen molar-refractivity contribution < 1.29 is 9.90 Å². The average Bonchev–Trinajstić information content (AvgIpc) is 3.62. The summed E-state index contributed by atoms with van der Waals surface area (Å²) in [4.78, 5) is 29.4. The molecule has 194 valence electrons. The third-order valence-corrected chi connectivity index (χ3v) is 9.17. The lowest BCUT2D eigenvalue weighted by molar-refractivity contribution is -0.142. The maximum Gasteiger partial charge on any atom is 0.226 e. The summed E-state index contributed by atoms with van der Waals surface area (Å²) in [6.45, 7) is 5.05. The molecule has 0 spiro atoms. The number of piperidine rings is 2. The molecule has 3 aromatic rings. The van der Waals surface area contributed by atoms with Crippen molar-refractivity contribution >= 4 is 23.4 Å². The highest BCUT2D eigenvalue weighted by Crippen LogP contribution is 2.37. The minimum Gasteiger partial charge on any atom is -0.388 e. The van der Waals surface area contributed by atoms with E-state index in [4.69, 9.17) is 0 Å². The number of likely N-dealkylation sites (tertiary alicyclic amines) is 2. The van der Waals surface area contributed by atoms with Crippen molar-refractivity contribution in [1.82, 2.24) is 19.7 Å². The van der Waals surface area contributed by atoms with Gasteiger partial charge in [-0.15, -0.1) is 11.3 Å². The number of amides is 1. The van der Waals surface area contributed by atoms with Crippen molar-refractivity contribution in [3.8, 4) is 0 Å². The number of carbonyl (C=O) groups excluding carboxylic acids is 1. The van der Waals surface area contributed by atoms with Crippen molar-refractivity contribution in [1.29, 1.82) is 0 Å². The summed E-state index contributed by atoms with van der Waals surface area (Å²) < 4.78 is 0. The molecule has 1 aromatic carbocycles. The monoisotopic (exact) mass is 517 g/mol. The molecule has 0 saturated carbocycles. The summed E-state index contributed by atoms with van der Waals surface area (Å²) in [6, 6.07) is 16.9. The van der Waals surface area contributed by atoms with Crippen molar-refractivity contribution in [2.45, 2.75) is 37.3 Å². The Hall–Kier alpha value is -2.94. The van der Waals surface area contributed by atoms with Gasteiger partial charge in [0.2, 0.25) is 5.91 Å². The normalized spacial score (nSPS) is 23.7. The molecule has 1 amide bonds. The largest absolute Gasteiger partial charge is 0.388 e. The van der Waals surface area contributed by atoms with Gasteiger partial charge in [0.05, 0.1) is 5.60 Å². The van der Waals surface area contributed by atoms with E-state index < -0.39 is 5.60 Å². The van der Waals surface area contributed by atoms with Crippen LogP contribution in [-0.4, -0.2) is 75.7 Å². The standard InChI is InChI=1S/C29H35N5O2S/c35-28(34-14-10-29(36,11-15-34)20-33-18-23-8-12-30-27(23)31-21-33)24-9-13-32(17-22-5-2-1-3-6-22)19-25(24)26-7-4-16-37-26/h1-8,12,16,18,24-25,36H,9-11,13-15,17,19-21H2,(H,30,31)/t24-,25-/m1/s1. The number of nitrogens with one attached hydrogen (secondary N) is 1. The van der Waals surface area contributed by atoms with Crippen LogP contribution in [0.15, 0.2) is 65.1 Å². The van der Waals surface area contributed by atoms with Gasteiger partial charge in [-0.3, -0.25) is 9.69 Å². The number of hydrogen-bond donors (Lipinski definition) is 2. The molecule has 5 heterocycles. The van der Waals surface area contributed by atoms with Gasteiger partial charge < -0.3 is 19.9 Å². The third kappa shape index (κ3) is 5.37. The van der Waals surface area contributed by atoms with Crippen LogP contribution in [0.3, 0.4) is 0 Å². The number of β-amino-alcohol motifs (C(OH)–C–C–N with tert-alkyl or cyclic N) is 1. The zero-order chi connectivity index (χ0) is 25.2. The van der Waals surface area contributed by atoms with Crippen LogP contribution in [0.4, 0.5) is 0 Å². The van der Waals surface area contributed by atoms with Gasteiger partial charge in [-0.2, -0.15) is 0 Å². The molecule has 3 aliphatic rings. The maximum absolute atomic E-state index is 13.8. The summed E-state index contributed by atoms with van der Waals surface area (Å²) in [5, 5.41) is 14.5. The lowest BCUT2D eigenvalue weighted by Gasteiger charge is -2.44. The van der Waals surface area contributed by atoms with Crippen LogP contribution in [0.5, 0.6) is 0 Å². The Morgan fingerprint density at radius 2 is 1.95 bits per heavy atom. The van der Waals surface area contributed by atoms with Gasteiger partial charge in [0, 0.05) is 67.1 Å². The zero-order valence-electron chi connectivity index (χ0n) is 21.1. The molecular formula is C29H35N5O2S. The molecule has 2 saturated heterocycles. The van der Waals surface area contributed by atoms with E-state index in [1.807, 2.05) is 17.2 Å². The van der Waals surface area contributed by atoms with Gasteiger partial charge in [0.15, 0.2) is 0 Å². The second kappa shape index (κ2) is 10.4. The Kier molecular flexibility index (Phi) is 6.88. The number of aromatic amines is 1. The van der Waals surface area contributed by atoms with Gasteiger partial charge >= 0.3 is 0 Å². The first-order valence-electron chi connectivity index (χ1n) is 13.3. The van der Waals surface area contributed by atoms with Crippen LogP contribution in [0.25, 0.3) is 6.20 Å². The van der Waals surface area contributed by atoms with Crippen molar-refractivity contribution in [3.05, 3.63) is 81.3 Å². The van der Waals surface area contributed by atoms with E-state index >= 15 is 0 Å². The summed E-state index contributed by atoms with van der Waals surface area (Å²) >= 11 is 1.76. The second-order valence-corrected chi connectivity index (χ2v) is 11.7. The number of aliphatic hydroxyl groups is 1. The Labute approximate surface area is 221 Å². The molecular weight excluding hydrogens is 482 g/mol. The number of H-pyrrole nitrogens is 1. The summed E-state index contributed by atoms with van der Waals surface area (Å²) in [6.07, 6.45) is 6.03. The van der Waals surface area contributed by atoms with Crippen molar-refractivity contribution in [2.24, 2.45) is 10.9 Å². The predicted molar refractivity (Wildman–Crippen MR) is 145 cm³/mol. The smallest absolute Gasteiger partial charge is 0.226 e. The van der Waals surface area contributed by atoms with Gasteiger partial charge in [-0.05, 0) is 48.9 Å². The quantitative estimate of drug-likeness (QED) is 0.527. The Morgan fingerprint density at radius 3 is 2.73 bits per heavy atom. The minimum absolute atomic E-state index is 0.00175. The van der Waals surface area contributed by atoms with E-state index in [0.717, 1.165) is 36.8 Å². The molecule has 0 aliphatic carbocycles. The molecule has 37 heavy (non-hydrogen) atoms. The summed E-state index contributed by atoms with van der Waals surface area (Å²) in [7, 11) is 0. The van der Waals surface area contributed by atoms with Crippen molar-refractivity contribution in [2.75, 3.05) is 39.4 Å². The summed E-state index contributed by atoms with van der Waals surface area (Å²) in [5.41, 5.74) is 1.42. The van der Waals surface area contributed by atoms with Crippen LogP contribution >= 0.6 is 11.3 Å². The van der Waals surface area contributed by atoms with Crippen LogP contribution in [0.2, 0.25) is 0 Å². The Bertz CT molecular complexity index is 1310. The van der Waals surface area contributed by atoms with Crippen LogP contribution in [0.1, 0.15) is 35.6 Å². The molecule has 2 aromatic heterocycles. The molecule has 2 fully saturated rings. The number of aromatic nitrogens is 1. The molecule has 2 N–H and O–H groups in total. The van der Waals surface area contributed by atoms with E-state index in [1.165, 1.54) is 10.4 Å². The first kappa shape index (κ1) is 24.4. The van der Waals surface area contributed by atoms with E-state index in [9.17, 15) is 9.90 Å². The molecule has 0 unspecified atom stereocenters. The van der Waals surface area contributed by atoms with Crippen molar-refractivity contribution in [3.63, 3.8) is 0 Å². The lowest BCUT2D eigenvalue weighted by Crippen LogP contribution is -2.54. The number of nitrogens with zero attached hydrogens (tertiary/aromatic N) is 4. The number of thiophene rings is 1. The SMILES string of the molecule is O=C([C@@H]1CCN(Cc2ccccc2)C[C@H]1c1cccs1)N1CCC(O)(CN2C=c3cc[nH]c3=NC2)CC1. The first-order chi connectivity index (χ1) is 18.1. The first-order valence-corrected chi connectivity index (χ1v) is 14.2. The van der Waals surface area contributed by atoms with E-state index in [-0.39, 0.29) is 17.7 Å². The number of benzene rings is 1.